The fourth-order valence-electron chi connectivity index (χ4n) is 0.618. The van der Waals surface area contributed by atoms with Gasteiger partial charge in [0, 0.05) is 0 Å². The number of aldehydes is 1. The lowest BCUT2D eigenvalue weighted by Crippen LogP contribution is -2.46. The Kier molecular flexibility index (Phi) is 4.95. The van der Waals surface area contributed by atoms with Gasteiger partial charge in [0.2, 0.25) is 0 Å². The van der Waals surface area contributed by atoms with Crippen molar-refractivity contribution in [2.24, 2.45) is 0 Å². The quantitative estimate of drug-likeness (QED) is 0.283. The van der Waals surface area contributed by atoms with Gasteiger partial charge in [-0.2, -0.15) is 0 Å². The Balaban J connectivity index is 4.07. The summed E-state index contributed by atoms with van der Waals surface area (Å²) in [6, 6.07) is 0. The van der Waals surface area contributed by atoms with Crippen molar-refractivity contribution in [1.82, 2.24) is 0 Å². The maximum Gasteiger partial charge on any atom is 0.151 e. The smallest absolute Gasteiger partial charge is 0.151 e. The fourth-order valence-corrected chi connectivity index (χ4v) is 0.618. The standard InChI is InChI=1S/C6H12O6/c7-1-3(9)5(11)6(12)4(10)2-8/h1,3-6,8-12H,2H2/t3-,4+,5+,6+/m0/s1/i1+2. The average Bonchev–Trinajstić information content (AvgIpc) is 2.12. The number of aliphatic hydroxyl groups excluding tert-OH is 5. The third kappa shape index (κ3) is 2.84. The molecule has 6 heteroatoms. The van der Waals surface area contributed by atoms with E-state index in [1.54, 1.807) is 0 Å². The molecule has 0 aliphatic rings. The first-order valence-electron chi connectivity index (χ1n) is 3.33. The van der Waals surface area contributed by atoms with E-state index in [0.29, 0.717) is 0 Å². The summed E-state index contributed by atoms with van der Waals surface area (Å²) >= 11 is 0. The molecule has 0 bridgehead atoms. The van der Waals surface area contributed by atoms with Crippen molar-refractivity contribution in [2.75, 3.05) is 6.61 Å². The van der Waals surface area contributed by atoms with E-state index in [1.807, 2.05) is 0 Å². The molecule has 0 rings (SSSR count). The van der Waals surface area contributed by atoms with Crippen LogP contribution in [-0.2, 0) is 4.79 Å². The molecule has 72 valence electrons. The molecule has 0 aliphatic heterocycles. The molecular weight excluding hydrogens is 170 g/mol. The van der Waals surface area contributed by atoms with Crippen LogP contribution in [0.2, 0.25) is 0 Å². The van der Waals surface area contributed by atoms with Crippen LogP contribution in [0, 0.1) is 0 Å². The van der Waals surface area contributed by atoms with Gasteiger partial charge in [-0.25, -0.2) is 0 Å². The normalized spacial score (nSPS) is 21.1. The van der Waals surface area contributed by atoms with Crippen molar-refractivity contribution in [2.45, 2.75) is 24.4 Å². The first-order valence-corrected chi connectivity index (χ1v) is 3.33. The topological polar surface area (TPSA) is 118 Å². The summed E-state index contributed by atoms with van der Waals surface area (Å²) in [4.78, 5) is 9.90. The van der Waals surface area contributed by atoms with Crippen LogP contribution in [0.15, 0.2) is 0 Å². The first kappa shape index (κ1) is 11.5. The molecule has 0 aliphatic carbocycles. The van der Waals surface area contributed by atoms with Crippen molar-refractivity contribution in [3.05, 3.63) is 0 Å². The minimum atomic E-state index is -1.79. The number of carbonyl (C=O) groups excluding carboxylic acids is 1. The number of hydrogen-bond donors (Lipinski definition) is 5. The molecule has 0 saturated carbocycles. The molecule has 0 radical (unpaired) electrons. The highest BCUT2D eigenvalue weighted by molar-refractivity contribution is 5.56. The fraction of sp³-hybridized carbons (Fsp3) is 0.833. The molecule has 0 heterocycles. The van der Waals surface area contributed by atoms with E-state index in [9.17, 15) is 4.79 Å². The summed E-state index contributed by atoms with van der Waals surface area (Å²) in [5.41, 5.74) is 0. The molecule has 0 aromatic heterocycles. The molecule has 0 saturated heterocycles. The molecule has 0 amide bonds. The Morgan fingerprint density at radius 2 is 1.58 bits per heavy atom. The van der Waals surface area contributed by atoms with Crippen LogP contribution in [-0.4, -0.2) is 62.8 Å². The second-order valence-electron chi connectivity index (χ2n) is 2.36. The second-order valence-corrected chi connectivity index (χ2v) is 2.36. The highest BCUT2D eigenvalue weighted by Gasteiger charge is 2.29. The third-order valence-corrected chi connectivity index (χ3v) is 1.42. The van der Waals surface area contributed by atoms with E-state index in [4.69, 9.17) is 25.5 Å². The van der Waals surface area contributed by atoms with E-state index in [2.05, 4.69) is 0 Å². The van der Waals surface area contributed by atoms with Crippen LogP contribution in [0.25, 0.3) is 0 Å². The number of hydrogen-bond acceptors (Lipinski definition) is 6. The van der Waals surface area contributed by atoms with Crippen molar-refractivity contribution >= 4 is 6.29 Å². The molecule has 0 aromatic rings. The predicted octanol–water partition coefficient (Wildman–Crippen LogP) is -3.38. The van der Waals surface area contributed by atoms with Crippen molar-refractivity contribution in [1.29, 1.82) is 0 Å². The molecular formula is C6H12O6. The van der Waals surface area contributed by atoms with Gasteiger partial charge in [0.25, 0.3) is 0 Å². The number of carbonyl (C=O) groups is 1. The third-order valence-electron chi connectivity index (χ3n) is 1.42. The lowest BCUT2D eigenvalue weighted by atomic mass is 10.1. The van der Waals surface area contributed by atoms with E-state index in [0.717, 1.165) is 0 Å². The van der Waals surface area contributed by atoms with Crippen LogP contribution < -0.4 is 0 Å². The van der Waals surface area contributed by atoms with Gasteiger partial charge in [0.05, 0.1) is 6.61 Å². The van der Waals surface area contributed by atoms with E-state index < -0.39 is 31.0 Å². The van der Waals surface area contributed by atoms with Gasteiger partial charge in [-0.3, -0.25) is 0 Å². The molecule has 0 aromatic carbocycles. The van der Waals surface area contributed by atoms with Crippen molar-refractivity contribution in [3.63, 3.8) is 0 Å². The Morgan fingerprint density at radius 3 is 1.92 bits per heavy atom. The van der Waals surface area contributed by atoms with Gasteiger partial charge in [0.15, 0.2) is 6.29 Å². The van der Waals surface area contributed by atoms with Gasteiger partial charge in [0.1, 0.15) is 24.4 Å². The van der Waals surface area contributed by atoms with Crippen LogP contribution in [0.4, 0.5) is 0 Å². The Hall–Kier alpha value is -0.530. The highest BCUT2D eigenvalue weighted by atomic mass is 16.4. The average molecular weight is 182 g/mol. The molecule has 0 fully saturated rings. The van der Waals surface area contributed by atoms with Crippen molar-refractivity contribution in [3.8, 4) is 0 Å². The SMILES string of the molecule is O=[14CH][C@H](O)[C@@H](O)[C@H](O)[C@H](O)CO. The summed E-state index contributed by atoms with van der Waals surface area (Å²) in [6.45, 7) is -0.760. The first-order chi connectivity index (χ1) is 5.54. The monoisotopic (exact) mass is 182 g/mol. The summed E-state index contributed by atoms with van der Waals surface area (Å²) < 4.78 is 0. The molecule has 6 nitrogen and oxygen atoms in total. The van der Waals surface area contributed by atoms with Crippen LogP contribution in [0.5, 0.6) is 0 Å². The van der Waals surface area contributed by atoms with Gasteiger partial charge in [-0.15, -0.1) is 0 Å². The van der Waals surface area contributed by atoms with Gasteiger partial charge in [-0.1, -0.05) is 0 Å². The number of rotatable bonds is 5. The van der Waals surface area contributed by atoms with Crippen LogP contribution >= 0.6 is 0 Å². The van der Waals surface area contributed by atoms with Gasteiger partial charge < -0.3 is 30.3 Å². The molecule has 0 spiro atoms. The van der Waals surface area contributed by atoms with E-state index >= 15 is 0 Å². The molecule has 4 atom stereocenters. The minimum Gasteiger partial charge on any atom is -0.394 e. The second kappa shape index (κ2) is 5.18. The zero-order valence-electron chi connectivity index (χ0n) is 6.24. The zero-order valence-corrected chi connectivity index (χ0v) is 6.24. The maximum atomic E-state index is 9.90. The zero-order chi connectivity index (χ0) is 9.72. The summed E-state index contributed by atoms with van der Waals surface area (Å²) in [6.07, 6.45) is -6.84. The summed E-state index contributed by atoms with van der Waals surface area (Å²) in [5.74, 6) is 0. The van der Waals surface area contributed by atoms with E-state index in [-0.39, 0.29) is 6.29 Å². The van der Waals surface area contributed by atoms with Gasteiger partial charge in [-0.05, 0) is 0 Å². The molecule has 5 N–H and O–H groups in total. The van der Waals surface area contributed by atoms with Gasteiger partial charge >= 0.3 is 0 Å². The Bertz CT molecular complexity index is 138. The lowest BCUT2D eigenvalue weighted by Gasteiger charge is -2.22. The number of aliphatic hydroxyl groups is 5. The molecule has 0 unspecified atom stereocenters. The predicted molar refractivity (Wildman–Crippen MR) is 37.2 cm³/mol. The lowest BCUT2D eigenvalue weighted by molar-refractivity contribution is -0.136. The van der Waals surface area contributed by atoms with E-state index in [1.165, 1.54) is 0 Å². The summed E-state index contributed by atoms with van der Waals surface area (Å²) in [7, 11) is 0. The Morgan fingerprint density at radius 1 is 1.08 bits per heavy atom. The minimum absolute atomic E-state index is 0.0258. The van der Waals surface area contributed by atoms with Crippen molar-refractivity contribution < 1.29 is 30.3 Å². The summed E-state index contributed by atoms with van der Waals surface area (Å²) in [5, 5.41) is 43.5. The van der Waals surface area contributed by atoms with Crippen LogP contribution in [0.3, 0.4) is 0 Å². The Labute approximate surface area is 68.7 Å². The largest absolute Gasteiger partial charge is 0.394 e. The maximum absolute atomic E-state index is 9.90. The highest BCUT2D eigenvalue weighted by Crippen LogP contribution is 2.02. The molecule has 12 heavy (non-hydrogen) atoms. The van der Waals surface area contributed by atoms with Crippen LogP contribution in [0.1, 0.15) is 0 Å².